The number of nitrogens with zero attached hydrogens (tertiary/aromatic N) is 4. The Bertz CT molecular complexity index is 945. The Hall–Kier alpha value is -2.93. The van der Waals surface area contributed by atoms with E-state index in [2.05, 4.69) is 16.7 Å². The van der Waals surface area contributed by atoms with Crippen molar-refractivity contribution in [3.8, 4) is 5.75 Å². The summed E-state index contributed by atoms with van der Waals surface area (Å²) in [7, 11) is 0. The van der Waals surface area contributed by atoms with Gasteiger partial charge in [0.1, 0.15) is 24.8 Å². The lowest BCUT2D eigenvalue weighted by atomic mass is 10.1. The third-order valence-electron chi connectivity index (χ3n) is 3.90. The summed E-state index contributed by atoms with van der Waals surface area (Å²) in [6.45, 7) is 5.91. The molecule has 0 aliphatic heterocycles. The Morgan fingerprint density at radius 2 is 2.20 bits per heavy atom. The smallest absolute Gasteiger partial charge is 0.275 e. The standard InChI is InChI=1S/C18H20N4O3/c1-3-6-14-7-4-5-8-16(14)25-11-15(23)10-21-13(2)9-17(24)22-18(21)19-12-20-22/h3-5,7-9,12,15,23H,1,6,10-11H2,2H3/t15-/m0/s1. The van der Waals surface area contributed by atoms with E-state index in [9.17, 15) is 9.90 Å². The highest BCUT2D eigenvalue weighted by Gasteiger charge is 2.14. The molecule has 0 saturated carbocycles. The Balaban J connectivity index is 1.74. The molecule has 1 N–H and O–H groups in total. The van der Waals surface area contributed by atoms with Gasteiger partial charge in [-0.05, 0) is 25.0 Å². The summed E-state index contributed by atoms with van der Waals surface area (Å²) in [5.41, 5.74) is 1.48. The molecule has 0 spiro atoms. The van der Waals surface area contributed by atoms with Crippen LogP contribution in [-0.4, -0.2) is 37.0 Å². The fourth-order valence-electron chi connectivity index (χ4n) is 2.69. The van der Waals surface area contributed by atoms with Crippen molar-refractivity contribution in [3.05, 3.63) is 70.9 Å². The molecule has 130 valence electrons. The maximum absolute atomic E-state index is 11.9. The van der Waals surface area contributed by atoms with Crippen LogP contribution in [0.5, 0.6) is 5.75 Å². The van der Waals surface area contributed by atoms with Gasteiger partial charge in [-0.15, -0.1) is 6.58 Å². The minimum atomic E-state index is -0.765. The number of ether oxygens (including phenoxy) is 1. The number of rotatable bonds is 7. The second-order valence-electron chi connectivity index (χ2n) is 5.77. The van der Waals surface area contributed by atoms with Crippen LogP contribution in [0.15, 0.2) is 54.1 Å². The topological polar surface area (TPSA) is 81.7 Å². The molecule has 3 rings (SSSR count). The van der Waals surface area contributed by atoms with Crippen molar-refractivity contribution in [2.75, 3.05) is 6.61 Å². The zero-order valence-electron chi connectivity index (χ0n) is 14.0. The first kappa shape index (κ1) is 16.9. The zero-order valence-corrected chi connectivity index (χ0v) is 14.0. The van der Waals surface area contributed by atoms with Crippen molar-refractivity contribution in [1.29, 1.82) is 0 Å². The maximum Gasteiger partial charge on any atom is 0.275 e. The number of aliphatic hydroxyl groups excluding tert-OH is 1. The van der Waals surface area contributed by atoms with E-state index in [1.807, 2.05) is 30.3 Å². The Kier molecular flexibility index (Phi) is 4.95. The van der Waals surface area contributed by atoms with Crippen molar-refractivity contribution in [2.45, 2.75) is 26.0 Å². The fraction of sp³-hybridized carbons (Fsp3) is 0.278. The van der Waals surface area contributed by atoms with Gasteiger partial charge >= 0.3 is 0 Å². The van der Waals surface area contributed by atoms with Crippen LogP contribution < -0.4 is 10.3 Å². The van der Waals surface area contributed by atoms with Crippen LogP contribution in [0, 0.1) is 6.92 Å². The summed E-state index contributed by atoms with van der Waals surface area (Å²) in [6.07, 6.45) is 3.06. The van der Waals surface area contributed by atoms with Crippen LogP contribution in [0.4, 0.5) is 0 Å². The number of aromatic nitrogens is 4. The molecule has 0 fully saturated rings. The molecule has 0 amide bonds. The lowest BCUT2D eigenvalue weighted by Gasteiger charge is -2.17. The van der Waals surface area contributed by atoms with Crippen molar-refractivity contribution in [3.63, 3.8) is 0 Å². The van der Waals surface area contributed by atoms with E-state index in [0.29, 0.717) is 17.9 Å². The van der Waals surface area contributed by atoms with Gasteiger partial charge in [0, 0.05) is 11.8 Å². The number of aliphatic hydroxyl groups is 1. The minimum absolute atomic E-state index is 0.125. The molecular weight excluding hydrogens is 320 g/mol. The van der Waals surface area contributed by atoms with Gasteiger partial charge in [0.2, 0.25) is 5.78 Å². The summed E-state index contributed by atoms with van der Waals surface area (Å²) in [6, 6.07) is 9.13. The number of fused-ring (bicyclic) bond motifs is 1. The zero-order chi connectivity index (χ0) is 17.8. The number of para-hydroxylation sites is 1. The Labute approximate surface area is 144 Å². The largest absolute Gasteiger partial charge is 0.491 e. The average Bonchev–Trinajstić information content (AvgIpc) is 3.08. The first-order valence-corrected chi connectivity index (χ1v) is 8.00. The fourth-order valence-corrected chi connectivity index (χ4v) is 2.69. The molecular formula is C18H20N4O3. The third kappa shape index (κ3) is 3.61. The SMILES string of the molecule is C=CCc1ccccc1OC[C@@H](O)Cn1c(C)cc(=O)n2ncnc12. The van der Waals surface area contributed by atoms with Gasteiger partial charge in [0.15, 0.2) is 0 Å². The van der Waals surface area contributed by atoms with Gasteiger partial charge < -0.3 is 14.4 Å². The van der Waals surface area contributed by atoms with Gasteiger partial charge in [0.25, 0.3) is 5.56 Å². The van der Waals surface area contributed by atoms with Crippen molar-refractivity contribution in [2.24, 2.45) is 0 Å². The predicted molar refractivity (Wildman–Crippen MR) is 93.8 cm³/mol. The highest BCUT2D eigenvalue weighted by Crippen LogP contribution is 2.19. The Morgan fingerprint density at radius 1 is 1.40 bits per heavy atom. The number of hydrogen-bond donors (Lipinski definition) is 1. The second kappa shape index (κ2) is 7.31. The van der Waals surface area contributed by atoms with Crippen LogP contribution in [0.3, 0.4) is 0 Å². The molecule has 25 heavy (non-hydrogen) atoms. The lowest BCUT2D eigenvalue weighted by molar-refractivity contribution is 0.0921. The first-order valence-electron chi connectivity index (χ1n) is 8.00. The predicted octanol–water partition coefficient (Wildman–Crippen LogP) is 1.37. The van der Waals surface area contributed by atoms with Gasteiger partial charge in [-0.25, -0.2) is 0 Å². The quantitative estimate of drug-likeness (QED) is 0.657. The maximum atomic E-state index is 11.9. The van der Waals surface area contributed by atoms with Crippen LogP contribution in [0.1, 0.15) is 11.3 Å². The normalized spacial score (nSPS) is 12.2. The number of benzene rings is 1. The van der Waals surface area contributed by atoms with E-state index < -0.39 is 6.10 Å². The van der Waals surface area contributed by atoms with Gasteiger partial charge in [-0.1, -0.05) is 24.3 Å². The summed E-state index contributed by atoms with van der Waals surface area (Å²) < 4.78 is 8.72. The van der Waals surface area contributed by atoms with Crippen LogP contribution in [0.25, 0.3) is 5.78 Å². The Morgan fingerprint density at radius 3 is 3.00 bits per heavy atom. The number of hydrogen-bond acceptors (Lipinski definition) is 5. The number of aryl methyl sites for hydroxylation is 1. The van der Waals surface area contributed by atoms with E-state index in [-0.39, 0.29) is 18.7 Å². The van der Waals surface area contributed by atoms with Crippen LogP contribution >= 0.6 is 0 Å². The van der Waals surface area contributed by atoms with E-state index in [0.717, 1.165) is 11.3 Å². The van der Waals surface area contributed by atoms with Crippen molar-refractivity contribution >= 4 is 5.78 Å². The molecule has 2 aromatic heterocycles. The van der Waals surface area contributed by atoms with Crippen molar-refractivity contribution in [1.82, 2.24) is 19.2 Å². The molecule has 0 aliphatic carbocycles. The molecule has 0 bridgehead atoms. The molecule has 1 atom stereocenters. The van der Waals surface area contributed by atoms with Gasteiger partial charge in [-0.3, -0.25) is 4.79 Å². The summed E-state index contributed by atoms with van der Waals surface area (Å²) in [5.74, 6) is 1.13. The molecule has 0 unspecified atom stereocenters. The average molecular weight is 340 g/mol. The summed E-state index contributed by atoms with van der Waals surface area (Å²) >= 11 is 0. The second-order valence-corrected chi connectivity index (χ2v) is 5.77. The first-order chi connectivity index (χ1) is 12.1. The van der Waals surface area contributed by atoms with Crippen molar-refractivity contribution < 1.29 is 9.84 Å². The minimum Gasteiger partial charge on any atom is -0.491 e. The van der Waals surface area contributed by atoms with Crippen LogP contribution in [0.2, 0.25) is 0 Å². The van der Waals surface area contributed by atoms with Gasteiger partial charge in [-0.2, -0.15) is 14.6 Å². The summed E-state index contributed by atoms with van der Waals surface area (Å²) in [4.78, 5) is 16.0. The van der Waals surface area contributed by atoms with Crippen LogP contribution in [-0.2, 0) is 13.0 Å². The third-order valence-corrected chi connectivity index (χ3v) is 3.90. The number of allylic oxidation sites excluding steroid dienone is 1. The van der Waals surface area contributed by atoms with E-state index >= 15 is 0 Å². The van der Waals surface area contributed by atoms with Gasteiger partial charge in [0.05, 0.1) is 6.54 Å². The molecule has 2 heterocycles. The molecule has 0 saturated heterocycles. The monoisotopic (exact) mass is 340 g/mol. The lowest BCUT2D eigenvalue weighted by Crippen LogP contribution is -2.28. The van der Waals surface area contributed by atoms with E-state index in [1.54, 1.807) is 11.5 Å². The highest BCUT2D eigenvalue weighted by atomic mass is 16.5. The molecule has 0 radical (unpaired) electrons. The molecule has 7 nitrogen and oxygen atoms in total. The highest BCUT2D eigenvalue weighted by molar-refractivity contribution is 5.34. The molecule has 1 aromatic carbocycles. The van der Waals surface area contributed by atoms with E-state index in [4.69, 9.17) is 4.74 Å². The van der Waals surface area contributed by atoms with E-state index in [1.165, 1.54) is 16.9 Å². The molecule has 3 aromatic rings. The molecule has 7 heteroatoms. The summed E-state index contributed by atoms with van der Waals surface area (Å²) in [5, 5.41) is 14.3. The molecule has 0 aliphatic rings.